The minimum Gasteiger partial charge on any atom is -0.466 e. The summed E-state index contributed by atoms with van der Waals surface area (Å²) in [6, 6.07) is 0. The zero-order valence-corrected chi connectivity index (χ0v) is 11.8. The number of carbonyl (C=O) groups is 1. The van der Waals surface area contributed by atoms with Crippen LogP contribution in [0.3, 0.4) is 0 Å². The van der Waals surface area contributed by atoms with E-state index in [1.54, 1.807) is 6.92 Å². The van der Waals surface area contributed by atoms with E-state index in [2.05, 4.69) is 0 Å². The van der Waals surface area contributed by atoms with Crippen LogP contribution in [0.4, 0.5) is 0 Å². The molecule has 0 aromatic rings. The summed E-state index contributed by atoms with van der Waals surface area (Å²) in [5.74, 6) is -0.790. The molecule has 5 heteroatoms. The van der Waals surface area contributed by atoms with Gasteiger partial charge in [0.05, 0.1) is 12.5 Å². The third-order valence-corrected chi connectivity index (χ3v) is 2.68. The van der Waals surface area contributed by atoms with Crippen molar-refractivity contribution in [1.82, 2.24) is 0 Å². The van der Waals surface area contributed by atoms with Crippen molar-refractivity contribution in [3.8, 4) is 0 Å². The Hall–Kier alpha value is 0.0800. The molecule has 0 aliphatic rings. The van der Waals surface area contributed by atoms with Crippen LogP contribution in [0, 0.1) is 5.92 Å². The smallest absolute Gasteiger partial charge is 0.312 e. The lowest BCUT2D eigenvalue weighted by Crippen LogP contribution is -2.19. The Balaban J connectivity index is 4.43. The summed E-state index contributed by atoms with van der Waals surface area (Å²) in [4.78, 5) is 11.6. The SMILES string of the molecule is CCCC(Cl)CC(C=C(Cl)Cl)C(=O)OCC. The molecule has 2 nitrogen and oxygen atoms in total. The Labute approximate surface area is 112 Å². The van der Waals surface area contributed by atoms with Gasteiger partial charge in [-0.25, -0.2) is 0 Å². The summed E-state index contributed by atoms with van der Waals surface area (Å²) >= 11 is 17.2. The van der Waals surface area contributed by atoms with Gasteiger partial charge in [0.2, 0.25) is 0 Å². The highest BCUT2D eigenvalue weighted by Gasteiger charge is 2.21. The average molecular weight is 288 g/mol. The lowest BCUT2D eigenvalue weighted by atomic mass is 10.0. The lowest BCUT2D eigenvalue weighted by Gasteiger charge is -2.15. The molecule has 16 heavy (non-hydrogen) atoms. The van der Waals surface area contributed by atoms with Crippen molar-refractivity contribution >= 4 is 40.8 Å². The first-order chi connectivity index (χ1) is 7.51. The lowest BCUT2D eigenvalue weighted by molar-refractivity contribution is -0.146. The van der Waals surface area contributed by atoms with Gasteiger partial charge in [-0.15, -0.1) is 11.6 Å². The maximum Gasteiger partial charge on any atom is 0.312 e. The molecule has 0 N–H and O–H groups in total. The first-order valence-corrected chi connectivity index (χ1v) is 6.54. The number of ether oxygens (including phenoxy) is 1. The van der Waals surface area contributed by atoms with E-state index in [1.807, 2.05) is 6.92 Å². The van der Waals surface area contributed by atoms with Crippen molar-refractivity contribution in [3.05, 3.63) is 10.6 Å². The fraction of sp³-hybridized carbons (Fsp3) is 0.727. The van der Waals surface area contributed by atoms with Crippen molar-refractivity contribution in [2.45, 2.75) is 38.5 Å². The number of alkyl halides is 1. The Kier molecular flexibility index (Phi) is 9.19. The Bertz CT molecular complexity index is 237. The maximum atomic E-state index is 11.6. The maximum absolute atomic E-state index is 11.6. The predicted molar refractivity (Wildman–Crippen MR) is 69.1 cm³/mol. The molecular formula is C11H17Cl3O2. The first kappa shape index (κ1) is 16.1. The van der Waals surface area contributed by atoms with Gasteiger partial charge in [0.15, 0.2) is 0 Å². The van der Waals surface area contributed by atoms with E-state index >= 15 is 0 Å². The van der Waals surface area contributed by atoms with E-state index in [0.717, 1.165) is 12.8 Å². The fourth-order valence-corrected chi connectivity index (χ4v) is 2.05. The number of halogens is 3. The van der Waals surface area contributed by atoms with Crippen LogP contribution in [-0.2, 0) is 9.53 Å². The average Bonchev–Trinajstić information content (AvgIpc) is 2.16. The van der Waals surface area contributed by atoms with Crippen LogP contribution in [0.15, 0.2) is 10.6 Å². The van der Waals surface area contributed by atoms with Gasteiger partial charge in [-0.1, -0.05) is 36.5 Å². The molecule has 0 amide bonds. The van der Waals surface area contributed by atoms with Crippen LogP contribution in [-0.4, -0.2) is 18.0 Å². The summed E-state index contributed by atoms with van der Waals surface area (Å²) in [5.41, 5.74) is 0. The number of carbonyl (C=O) groups excluding carboxylic acids is 1. The van der Waals surface area contributed by atoms with Gasteiger partial charge in [0.25, 0.3) is 0 Å². The highest BCUT2D eigenvalue weighted by atomic mass is 35.5. The monoisotopic (exact) mass is 286 g/mol. The second kappa shape index (κ2) is 9.15. The van der Waals surface area contributed by atoms with Gasteiger partial charge in [0.1, 0.15) is 4.49 Å². The molecule has 0 aromatic heterocycles. The van der Waals surface area contributed by atoms with Crippen molar-refractivity contribution in [1.29, 1.82) is 0 Å². The molecule has 0 heterocycles. The Morgan fingerprint density at radius 1 is 1.38 bits per heavy atom. The van der Waals surface area contributed by atoms with Crippen LogP contribution in [0.25, 0.3) is 0 Å². The standard InChI is InChI=1S/C11H17Cl3O2/c1-3-5-9(12)6-8(7-10(13)14)11(15)16-4-2/h7-9H,3-6H2,1-2H3. The van der Waals surface area contributed by atoms with Crippen LogP contribution in [0.5, 0.6) is 0 Å². The second-order valence-corrected chi connectivity index (χ2v) is 5.06. The van der Waals surface area contributed by atoms with Crippen molar-refractivity contribution in [2.24, 2.45) is 5.92 Å². The molecule has 0 aromatic carbocycles. The topological polar surface area (TPSA) is 26.3 Å². The molecule has 0 saturated heterocycles. The first-order valence-electron chi connectivity index (χ1n) is 5.34. The van der Waals surface area contributed by atoms with Gasteiger partial charge < -0.3 is 4.74 Å². The van der Waals surface area contributed by atoms with Crippen molar-refractivity contribution in [3.63, 3.8) is 0 Å². The minimum atomic E-state index is -0.459. The van der Waals surface area contributed by atoms with E-state index in [9.17, 15) is 4.79 Å². The molecule has 94 valence electrons. The van der Waals surface area contributed by atoms with E-state index < -0.39 is 5.92 Å². The summed E-state index contributed by atoms with van der Waals surface area (Å²) < 4.78 is 4.99. The molecular weight excluding hydrogens is 270 g/mol. The Morgan fingerprint density at radius 3 is 2.44 bits per heavy atom. The van der Waals surface area contributed by atoms with Crippen LogP contribution in [0.1, 0.15) is 33.1 Å². The highest BCUT2D eigenvalue weighted by Crippen LogP contribution is 2.22. The summed E-state index contributed by atoms with van der Waals surface area (Å²) in [6.07, 6.45) is 3.80. The third-order valence-electron chi connectivity index (χ3n) is 2.03. The molecule has 0 radical (unpaired) electrons. The number of esters is 1. The molecule has 0 rings (SSSR count). The molecule has 0 aliphatic carbocycles. The van der Waals surface area contributed by atoms with E-state index in [1.165, 1.54) is 6.08 Å². The molecule has 0 saturated carbocycles. The highest BCUT2D eigenvalue weighted by molar-refractivity contribution is 6.55. The van der Waals surface area contributed by atoms with Crippen LogP contribution < -0.4 is 0 Å². The molecule has 0 aliphatic heterocycles. The van der Waals surface area contributed by atoms with Gasteiger partial charge in [-0.05, 0) is 25.8 Å². The summed E-state index contributed by atoms with van der Waals surface area (Å²) in [7, 11) is 0. The Morgan fingerprint density at radius 2 is 2.00 bits per heavy atom. The van der Waals surface area contributed by atoms with Crippen molar-refractivity contribution in [2.75, 3.05) is 6.61 Å². The van der Waals surface area contributed by atoms with E-state index in [4.69, 9.17) is 39.5 Å². The van der Waals surface area contributed by atoms with Crippen LogP contribution in [0.2, 0.25) is 0 Å². The zero-order chi connectivity index (χ0) is 12.6. The van der Waals surface area contributed by atoms with Gasteiger partial charge in [-0.3, -0.25) is 4.79 Å². The normalized spacial score (nSPS) is 14.1. The number of rotatable bonds is 7. The summed E-state index contributed by atoms with van der Waals surface area (Å²) in [5, 5.41) is -0.0664. The van der Waals surface area contributed by atoms with Gasteiger partial charge >= 0.3 is 5.97 Å². The second-order valence-electron chi connectivity index (χ2n) is 3.44. The quantitative estimate of drug-likeness (QED) is 0.516. The third kappa shape index (κ3) is 7.37. The largest absolute Gasteiger partial charge is 0.466 e. The summed E-state index contributed by atoms with van der Waals surface area (Å²) in [6.45, 7) is 4.13. The zero-order valence-electron chi connectivity index (χ0n) is 9.51. The molecule has 0 bridgehead atoms. The van der Waals surface area contributed by atoms with Gasteiger partial charge in [-0.2, -0.15) is 0 Å². The minimum absolute atomic E-state index is 0.0664. The fourth-order valence-electron chi connectivity index (χ4n) is 1.34. The van der Waals surface area contributed by atoms with Crippen LogP contribution >= 0.6 is 34.8 Å². The van der Waals surface area contributed by atoms with E-state index in [-0.39, 0.29) is 15.8 Å². The molecule has 0 fully saturated rings. The number of hydrogen-bond donors (Lipinski definition) is 0. The van der Waals surface area contributed by atoms with E-state index in [0.29, 0.717) is 13.0 Å². The van der Waals surface area contributed by atoms with Gasteiger partial charge in [0, 0.05) is 5.38 Å². The molecule has 2 unspecified atom stereocenters. The van der Waals surface area contributed by atoms with Crippen molar-refractivity contribution < 1.29 is 9.53 Å². The number of hydrogen-bond acceptors (Lipinski definition) is 2. The predicted octanol–water partition coefficient (Wildman–Crippen LogP) is 4.28. The molecule has 2 atom stereocenters. The molecule has 0 spiro atoms.